The third-order valence-electron chi connectivity index (χ3n) is 4.66. The van der Waals surface area contributed by atoms with Crippen LogP contribution in [0.15, 0.2) is 12.1 Å². The van der Waals surface area contributed by atoms with Crippen LogP contribution in [-0.4, -0.2) is 70.9 Å². The number of benzene rings is 1. The van der Waals surface area contributed by atoms with Gasteiger partial charge >= 0.3 is 30.5 Å². The number of hydrogen-bond donors (Lipinski definition) is 0. The Kier molecular flexibility index (Phi) is 12.2. The van der Waals surface area contributed by atoms with Gasteiger partial charge in [0.05, 0.1) is 7.11 Å². The van der Waals surface area contributed by atoms with Crippen molar-refractivity contribution in [3.63, 3.8) is 0 Å². The number of esters is 1. The minimum Gasteiger partial charge on any atom is -0.467 e. The standard InChI is InChI=1S/C30H44FNO12/c1-27(2,3)41-23(34)32(24(35)42-28(4,5)6)19(22(33)38-13)14-17-15-20(39-25(36)43-29(7,8)9)21(16-18(17)31)40-26(37)44-30(10,11)12/h15-16,19H,14H2,1-13H3. The largest absolute Gasteiger partial charge is 0.514 e. The molecule has 0 bridgehead atoms. The molecule has 1 atom stereocenters. The minimum atomic E-state index is -1.81. The van der Waals surface area contributed by atoms with E-state index < -0.39 is 82.6 Å². The predicted octanol–water partition coefficient (Wildman–Crippen LogP) is 6.71. The van der Waals surface area contributed by atoms with Crippen molar-refractivity contribution in [1.82, 2.24) is 4.90 Å². The molecule has 0 aliphatic rings. The molecular formula is C30H44FNO12. The van der Waals surface area contributed by atoms with Crippen LogP contribution in [-0.2, 0) is 34.9 Å². The Labute approximate surface area is 257 Å². The molecule has 1 rings (SSSR count). The molecule has 1 aromatic carbocycles. The van der Waals surface area contributed by atoms with Gasteiger partial charge in [0.25, 0.3) is 0 Å². The normalized spacial score (nSPS) is 12.8. The highest BCUT2D eigenvalue weighted by atomic mass is 19.1. The predicted molar refractivity (Wildman–Crippen MR) is 154 cm³/mol. The third kappa shape index (κ3) is 13.5. The summed E-state index contributed by atoms with van der Waals surface area (Å²) in [5, 5.41) is 0. The second-order valence-corrected chi connectivity index (χ2v) is 13.6. The quantitative estimate of drug-likeness (QED) is 0.187. The van der Waals surface area contributed by atoms with Crippen molar-refractivity contribution < 1.29 is 61.5 Å². The number of amides is 2. The fourth-order valence-electron chi connectivity index (χ4n) is 3.19. The van der Waals surface area contributed by atoms with Gasteiger partial charge in [0, 0.05) is 12.5 Å². The van der Waals surface area contributed by atoms with Gasteiger partial charge in [-0.05, 0) is 94.7 Å². The highest BCUT2D eigenvalue weighted by molar-refractivity contribution is 5.94. The van der Waals surface area contributed by atoms with Crippen LogP contribution in [0.1, 0.15) is 88.6 Å². The van der Waals surface area contributed by atoms with E-state index in [2.05, 4.69) is 0 Å². The Morgan fingerprint density at radius 1 is 0.659 bits per heavy atom. The Balaban J connectivity index is 3.73. The summed E-state index contributed by atoms with van der Waals surface area (Å²) >= 11 is 0. The summed E-state index contributed by atoms with van der Waals surface area (Å²) in [6, 6.07) is -0.165. The van der Waals surface area contributed by atoms with Crippen molar-refractivity contribution in [1.29, 1.82) is 0 Å². The van der Waals surface area contributed by atoms with Gasteiger partial charge in [0.15, 0.2) is 11.5 Å². The van der Waals surface area contributed by atoms with Crippen LogP contribution in [0.2, 0.25) is 0 Å². The van der Waals surface area contributed by atoms with E-state index in [9.17, 15) is 24.0 Å². The van der Waals surface area contributed by atoms with Gasteiger partial charge in [0.2, 0.25) is 0 Å². The molecule has 13 nitrogen and oxygen atoms in total. The van der Waals surface area contributed by atoms with Gasteiger partial charge < -0.3 is 33.2 Å². The molecule has 44 heavy (non-hydrogen) atoms. The van der Waals surface area contributed by atoms with Crippen LogP contribution < -0.4 is 9.47 Å². The molecule has 248 valence electrons. The molecule has 1 aromatic rings. The molecule has 0 fully saturated rings. The van der Waals surface area contributed by atoms with Gasteiger partial charge in [0.1, 0.15) is 34.3 Å². The molecule has 0 aliphatic heterocycles. The summed E-state index contributed by atoms with van der Waals surface area (Å²) in [6.07, 6.45) is -5.69. The molecule has 0 radical (unpaired) electrons. The van der Waals surface area contributed by atoms with Crippen LogP contribution in [0, 0.1) is 5.82 Å². The zero-order valence-electron chi connectivity index (χ0n) is 27.7. The van der Waals surface area contributed by atoms with Crippen LogP contribution in [0.25, 0.3) is 0 Å². The maximum atomic E-state index is 15.6. The fourth-order valence-corrected chi connectivity index (χ4v) is 3.19. The van der Waals surface area contributed by atoms with Crippen molar-refractivity contribution in [3.8, 4) is 11.5 Å². The molecule has 0 N–H and O–H groups in total. The fraction of sp³-hybridized carbons (Fsp3) is 0.633. The zero-order chi connectivity index (χ0) is 34.4. The summed E-state index contributed by atoms with van der Waals surface area (Å²) in [5.74, 6) is -3.24. The molecule has 0 saturated heterocycles. The Morgan fingerprint density at radius 3 is 1.36 bits per heavy atom. The molecule has 1 unspecified atom stereocenters. The van der Waals surface area contributed by atoms with E-state index in [0.29, 0.717) is 11.0 Å². The average molecular weight is 630 g/mol. The topological polar surface area (TPSA) is 153 Å². The number of ether oxygens (including phenoxy) is 7. The first kappa shape index (κ1) is 37.9. The van der Waals surface area contributed by atoms with Crippen LogP contribution >= 0.6 is 0 Å². The maximum Gasteiger partial charge on any atom is 0.514 e. The average Bonchev–Trinajstić information content (AvgIpc) is 2.75. The lowest BCUT2D eigenvalue weighted by atomic mass is 10.0. The number of hydrogen-bond acceptors (Lipinski definition) is 12. The van der Waals surface area contributed by atoms with Crippen LogP contribution in [0.4, 0.5) is 23.6 Å². The second-order valence-electron chi connectivity index (χ2n) is 13.6. The zero-order valence-corrected chi connectivity index (χ0v) is 27.7. The SMILES string of the molecule is COC(=O)C(Cc1cc(OC(=O)OC(C)(C)C)c(OC(=O)OC(C)(C)C)cc1F)N(C(=O)OC(C)(C)C)C(=O)OC(C)(C)C. The first-order chi connectivity index (χ1) is 19.7. The summed E-state index contributed by atoms with van der Waals surface area (Å²) in [5.41, 5.74) is -4.50. The minimum absolute atomic E-state index is 0.354. The number of imide groups is 1. The van der Waals surface area contributed by atoms with Gasteiger partial charge in [-0.1, -0.05) is 0 Å². The lowest BCUT2D eigenvalue weighted by molar-refractivity contribution is -0.146. The van der Waals surface area contributed by atoms with E-state index in [1.807, 2.05) is 0 Å². The van der Waals surface area contributed by atoms with Crippen molar-refractivity contribution >= 4 is 30.5 Å². The molecule has 0 spiro atoms. The highest BCUT2D eigenvalue weighted by Crippen LogP contribution is 2.33. The lowest BCUT2D eigenvalue weighted by Gasteiger charge is -2.32. The van der Waals surface area contributed by atoms with E-state index in [0.717, 1.165) is 13.2 Å². The second kappa shape index (κ2) is 14.1. The number of methoxy groups -OCH3 is 1. The number of rotatable bonds is 6. The number of carbonyl (C=O) groups excluding carboxylic acids is 5. The summed E-state index contributed by atoms with van der Waals surface area (Å²) in [7, 11) is 1.00. The van der Waals surface area contributed by atoms with E-state index in [1.54, 1.807) is 41.5 Å². The summed E-state index contributed by atoms with van der Waals surface area (Å²) < 4.78 is 51.6. The number of nitrogens with zero attached hydrogens (tertiary/aromatic N) is 1. The molecular weight excluding hydrogens is 585 g/mol. The van der Waals surface area contributed by atoms with Gasteiger partial charge in [-0.2, -0.15) is 4.90 Å². The van der Waals surface area contributed by atoms with Crippen LogP contribution in [0.3, 0.4) is 0 Å². The molecule has 0 saturated carbocycles. The van der Waals surface area contributed by atoms with Crippen molar-refractivity contribution in [2.45, 2.75) is 118 Å². The molecule has 0 aliphatic carbocycles. The van der Waals surface area contributed by atoms with Crippen molar-refractivity contribution in [2.24, 2.45) is 0 Å². The Morgan fingerprint density at radius 2 is 1.02 bits per heavy atom. The summed E-state index contributed by atoms with van der Waals surface area (Å²) in [4.78, 5) is 64.6. The highest BCUT2D eigenvalue weighted by Gasteiger charge is 2.41. The third-order valence-corrected chi connectivity index (χ3v) is 4.66. The molecule has 0 aromatic heterocycles. The first-order valence-electron chi connectivity index (χ1n) is 13.7. The van der Waals surface area contributed by atoms with Gasteiger partial charge in [-0.15, -0.1) is 0 Å². The maximum absolute atomic E-state index is 15.6. The Bertz CT molecular complexity index is 1200. The van der Waals surface area contributed by atoms with Gasteiger partial charge in [-0.25, -0.2) is 28.4 Å². The molecule has 2 amide bonds. The first-order valence-corrected chi connectivity index (χ1v) is 13.7. The van der Waals surface area contributed by atoms with Gasteiger partial charge in [-0.3, -0.25) is 0 Å². The van der Waals surface area contributed by atoms with E-state index in [-0.39, 0.29) is 5.56 Å². The van der Waals surface area contributed by atoms with Crippen molar-refractivity contribution in [2.75, 3.05) is 7.11 Å². The number of halogens is 1. The van der Waals surface area contributed by atoms with Crippen LogP contribution in [0.5, 0.6) is 11.5 Å². The molecule has 0 heterocycles. The Hall–Kier alpha value is -4.10. The molecule has 14 heteroatoms. The van der Waals surface area contributed by atoms with E-state index in [1.165, 1.54) is 41.5 Å². The van der Waals surface area contributed by atoms with Crippen molar-refractivity contribution in [3.05, 3.63) is 23.5 Å². The number of carbonyl (C=O) groups is 5. The summed E-state index contributed by atoms with van der Waals surface area (Å²) in [6.45, 7) is 18.7. The smallest absolute Gasteiger partial charge is 0.467 e. The lowest BCUT2D eigenvalue weighted by Crippen LogP contribution is -2.53. The van der Waals surface area contributed by atoms with E-state index >= 15 is 4.39 Å². The monoisotopic (exact) mass is 629 g/mol. The van der Waals surface area contributed by atoms with E-state index in [4.69, 9.17) is 33.2 Å².